The van der Waals surface area contributed by atoms with Crippen LogP contribution in [0.4, 0.5) is 5.69 Å². The summed E-state index contributed by atoms with van der Waals surface area (Å²) in [6, 6.07) is 16.9. The van der Waals surface area contributed by atoms with Crippen LogP contribution in [-0.2, 0) is 7.05 Å². The zero-order valence-corrected chi connectivity index (χ0v) is 19.0. The molecule has 0 amide bonds. The molecule has 0 radical (unpaired) electrons. The third kappa shape index (κ3) is 3.31. The molecule has 0 aliphatic carbocycles. The molecule has 0 aliphatic rings. The first-order valence-electron chi connectivity index (χ1n) is 13.7. The molecule has 3 nitrogen and oxygen atoms in total. The van der Waals surface area contributed by atoms with E-state index >= 15 is 0 Å². The molecular weight excluding hydrogens is 404 g/mol. The van der Waals surface area contributed by atoms with Crippen LogP contribution in [0.2, 0.25) is 0 Å². The third-order valence-electron chi connectivity index (χ3n) is 6.15. The molecule has 0 saturated heterocycles. The van der Waals surface area contributed by atoms with Gasteiger partial charge in [-0.2, -0.15) is 4.57 Å². The summed E-state index contributed by atoms with van der Waals surface area (Å²) in [7, 11) is 1.73. The van der Waals surface area contributed by atoms with Crippen molar-refractivity contribution < 1.29 is 17.2 Å². The van der Waals surface area contributed by atoms with E-state index in [1.165, 1.54) is 6.92 Å². The van der Waals surface area contributed by atoms with E-state index in [4.69, 9.17) is 17.8 Å². The Bertz CT molecular complexity index is 1830. The molecule has 3 heteroatoms. The summed E-state index contributed by atoms with van der Waals surface area (Å²) in [5, 5.41) is 1.54. The summed E-state index contributed by atoms with van der Waals surface area (Å²) in [4.78, 5) is 3.66. The molecule has 2 aromatic heterocycles. The van der Waals surface area contributed by atoms with Gasteiger partial charge >= 0.3 is 0 Å². The van der Waals surface area contributed by atoms with Crippen LogP contribution in [0.3, 0.4) is 0 Å². The van der Waals surface area contributed by atoms with Gasteiger partial charge in [-0.15, -0.1) is 0 Å². The Hall–Kier alpha value is -3.90. The SMILES string of the molecule is [2H]c1c(C([2H])(C)C([2H])([2H])[2H])c([2H])c(-c2c(C)cc(-c3ccccc3)c3c2oc2c([N+]#[C-])cccc23)[n+](C)c1C. The first-order chi connectivity index (χ1) is 18.3. The van der Waals surface area contributed by atoms with Crippen LogP contribution in [0, 0.1) is 20.4 Å². The van der Waals surface area contributed by atoms with E-state index in [1.54, 1.807) is 24.6 Å². The molecule has 1 atom stereocenters. The lowest BCUT2D eigenvalue weighted by Gasteiger charge is -2.13. The number of aromatic nitrogens is 1. The fourth-order valence-electron chi connectivity index (χ4n) is 4.40. The van der Waals surface area contributed by atoms with Crippen LogP contribution < -0.4 is 4.57 Å². The molecule has 0 saturated carbocycles. The molecule has 0 N–H and O–H groups in total. The Morgan fingerprint density at radius 1 is 1.09 bits per heavy atom. The van der Waals surface area contributed by atoms with Gasteiger partial charge in [0.1, 0.15) is 18.2 Å². The summed E-state index contributed by atoms with van der Waals surface area (Å²) in [5.41, 5.74) is 5.09. The molecule has 0 spiro atoms. The predicted molar refractivity (Wildman–Crippen MR) is 136 cm³/mol. The predicted octanol–water partition coefficient (Wildman–Crippen LogP) is 8.04. The van der Waals surface area contributed by atoms with Crippen LogP contribution >= 0.6 is 0 Å². The summed E-state index contributed by atoms with van der Waals surface area (Å²) in [6.07, 6.45) is 0. The summed E-state index contributed by atoms with van der Waals surface area (Å²) >= 11 is 0. The van der Waals surface area contributed by atoms with Crippen molar-refractivity contribution >= 4 is 27.6 Å². The van der Waals surface area contributed by atoms with E-state index in [0.717, 1.165) is 27.5 Å². The maximum Gasteiger partial charge on any atom is 0.229 e. The number of rotatable bonds is 3. The molecule has 0 bridgehead atoms. The highest BCUT2D eigenvalue weighted by Crippen LogP contribution is 2.45. The molecule has 5 aromatic rings. The number of hydrogen-bond acceptors (Lipinski definition) is 1. The zero-order chi connectivity index (χ0) is 28.4. The van der Waals surface area contributed by atoms with E-state index in [2.05, 4.69) is 4.85 Å². The molecule has 0 aliphatic heterocycles. The minimum atomic E-state index is -2.76. The van der Waals surface area contributed by atoms with Gasteiger partial charge in [-0.3, -0.25) is 0 Å². The van der Waals surface area contributed by atoms with Crippen molar-refractivity contribution in [3.63, 3.8) is 0 Å². The normalized spacial score (nSPS) is 16.2. The van der Waals surface area contributed by atoms with E-state index < -0.39 is 12.7 Å². The lowest BCUT2D eigenvalue weighted by Crippen LogP contribution is -2.35. The summed E-state index contributed by atoms with van der Waals surface area (Å²) < 4.78 is 58.8. The number of aryl methyl sites for hydroxylation is 1. The fourth-order valence-corrected chi connectivity index (χ4v) is 4.40. The maximum atomic E-state index is 9.20. The Kier molecular flexibility index (Phi) is 3.60. The second kappa shape index (κ2) is 7.90. The molecule has 3 aromatic carbocycles. The molecule has 33 heavy (non-hydrogen) atoms. The van der Waals surface area contributed by atoms with Crippen LogP contribution in [0.25, 0.3) is 49.2 Å². The van der Waals surface area contributed by atoms with Crippen molar-refractivity contribution in [2.24, 2.45) is 7.05 Å². The number of para-hydroxylation sites is 1. The minimum Gasteiger partial charge on any atom is -0.466 e. The lowest BCUT2D eigenvalue weighted by molar-refractivity contribution is -0.666. The highest BCUT2D eigenvalue weighted by molar-refractivity contribution is 6.18. The van der Waals surface area contributed by atoms with Gasteiger partial charge in [0.05, 0.1) is 14.9 Å². The van der Waals surface area contributed by atoms with E-state index in [1.807, 2.05) is 55.5 Å². The van der Waals surface area contributed by atoms with Crippen LogP contribution in [0.5, 0.6) is 0 Å². The van der Waals surface area contributed by atoms with Crippen LogP contribution in [-0.4, -0.2) is 0 Å². The number of hydrogen-bond donors (Lipinski definition) is 0. The number of nitrogens with zero attached hydrogens (tertiary/aromatic N) is 2. The van der Waals surface area contributed by atoms with Crippen molar-refractivity contribution in [2.45, 2.75) is 33.5 Å². The van der Waals surface area contributed by atoms with Gasteiger partial charge in [0.15, 0.2) is 5.69 Å². The average molecular weight is 438 g/mol. The first-order valence-corrected chi connectivity index (χ1v) is 10.7. The highest BCUT2D eigenvalue weighted by atomic mass is 16.3. The Balaban J connectivity index is 2.01. The smallest absolute Gasteiger partial charge is 0.229 e. The van der Waals surface area contributed by atoms with Gasteiger partial charge in [-0.25, -0.2) is 4.85 Å². The van der Waals surface area contributed by atoms with E-state index in [0.29, 0.717) is 33.8 Å². The van der Waals surface area contributed by atoms with Gasteiger partial charge in [0.25, 0.3) is 0 Å². The number of fused-ring (bicyclic) bond motifs is 3. The van der Waals surface area contributed by atoms with Crippen molar-refractivity contribution in [3.8, 4) is 22.4 Å². The monoisotopic (exact) mass is 437 g/mol. The van der Waals surface area contributed by atoms with Crippen molar-refractivity contribution in [1.29, 1.82) is 0 Å². The molecule has 162 valence electrons. The number of benzene rings is 3. The van der Waals surface area contributed by atoms with E-state index in [9.17, 15) is 1.37 Å². The largest absolute Gasteiger partial charge is 0.466 e. The zero-order valence-electron chi connectivity index (χ0n) is 25.0. The molecule has 0 fully saturated rings. The fraction of sp³-hybridized carbons (Fsp3) is 0.200. The van der Waals surface area contributed by atoms with Crippen LogP contribution in [0.1, 0.15) is 44.7 Å². The topological polar surface area (TPSA) is 21.4 Å². The summed E-state index contributed by atoms with van der Waals surface area (Å²) in [5.74, 6) is -2.18. The van der Waals surface area contributed by atoms with Crippen LogP contribution in [0.15, 0.2) is 71.1 Å². The Morgan fingerprint density at radius 2 is 1.88 bits per heavy atom. The van der Waals surface area contributed by atoms with Gasteiger partial charge < -0.3 is 4.42 Å². The third-order valence-corrected chi connectivity index (χ3v) is 6.15. The highest BCUT2D eigenvalue weighted by Gasteiger charge is 2.26. The van der Waals surface area contributed by atoms with Crippen molar-refractivity contribution in [1.82, 2.24) is 0 Å². The maximum absolute atomic E-state index is 9.20. The molecule has 1 unspecified atom stereocenters. The Morgan fingerprint density at radius 3 is 2.61 bits per heavy atom. The van der Waals surface area contributed by atoms with Crippen molar-refractivity contribution in [3.05, 3.63) is 94.9 Å². The molecule has 2 heterocycles. The Labute approximate surface area is 203 Å². The quantitative estimate of drug-likeness (QED) is 0.207. The van der Waals surface area contributed by atoms with Gasteiger partial charge in [-0.05, 0) is 41.1 Å². The van der Waals surface area contributed by atoms with Crippen molar-refractivity contribution in [2.75, 3.05) is 0 Å². The van der Waals surface area contributed by atoms with Gasteiger partial charge in [0.2, 0.25) is 11.4 Å². The second-order valence-electron chi connectivity index (χ2n) is 8.30. The van der Waals surface area contributed by atoms with Gasteiger partial charge in [0, 0.05) is 35.3 Å². The average Bonchev–Trinajstić information content (AvgIpc) is 3.27. The van der Waals surface area contributed by atoms with Gasteiger partial charge in [-0.1, -0.05) is 62.3 Å². The minimum absolute atomic E-state index is 0.144. The standard InChI is InChI=1S/C30H27N2O/c1-18(2)22-16-20(4)32(6)26(17-22)27-19(3)15-24(21-11-8-7-9-12-21)28-23-13-10-14-25(31-5)29(23)33-30(27)28/h7-18H,1-4,6H3/q+1/i1D3,16D,17D,18D. The molecular formula is C30H27N2O+. The van der Waals surface area contributed by atoms with E-state index in [-0.39, 0.29) is 17.6 Å². The lowest BCUT2D eigenvalue weighted by atomic mass is 9.91. The second-order valence-corrected chi connectivity index (χ2v) is 8.30. The number of furan rings is 1. The number of pyridine rings is 1. The first kappa shape index (κ1) is 15.0. The molecule has 5 rings (SSSR count). The summed E-state index contributed by atoms with van der Waals surface area (Å²) in [6.45, 7) is 9.75.